The fourth-order valence-electron chi connectivity index (χ4n) is 2.15. The third-order valence-electron chi connectivity index (χ3n) is 3.17. The summed E-state index contributed by atoms with van der Waals surface area (Å²) < 4.78 is 3.37. The molecule has 0 bridgehead atoms. The van der Waals surface area contributed by atoms with Crippen molar-refractivity contribution in [2.45, 2.75) is 19.5 Å². The highest BCUT2D eigenvalue weighted by molar-refractivity contribution is 5.89. The van der Waals surface area contributed by atoms with E-state index in [0.29, 0.717) is 12.2 Å². The van der Waals surface area contributed by atoms with E-state index in [0.717, 1.165) is 5.69 Å². The maximum Gasteiger partial charge on any atom is 0.319 e. The van der Waals surface area contributed by atoms with E-state index in [9.17, 15) is 4.79 Å². The first-order valence-electron chi connectivity index (χ1n) is 7.21. The minimum absolute atomic E-state index is 0.0825. The largest absolute Gasteiger partial charge is 0.334 e. The van der Waals surface area contributed by atoms with E-state index < -0.39 is 0 Å². The molecule has 0 aliphatic carbocycles. The third-order valence-corrected chi connectivity index (χ3v) is 3.17. The molecule has 0 saturated heterocycles. The number of carbonyl (C=O) groups is 1. The molecule has 3 aromatic rings. The molecule has 3 rings (SSSR count). The average molecular weight is 311 g/mol. The van der Waals surface area contributed by atoms with Crippen LogP contribution in [0.2, 0.25) is 0 Å². The van der Waals surface area contributed by atoms with Gasteiger partial charge in [-0.1, -0.05) is 18.2 Å². The molecule has 8 nitrogen and oxygen atoms in total. The number of urea groups is 1. The number of aromatic nitrogens is 5. The van der Waals surface area contributed by atoms with Gasteiger partial charge in [0.2, 0.25) is 0 Å². The predicted molar refractivity (Wildman–Crippen MR) is 85.2 cm³/mol. The summed E-state index contributed by atoms with van der Waals surface area (Å²) in [5.74, 6) is 0. The topological polar surface area (TPSA) is 89.7 Å². The van der Waals surface area contributed by atoms with E-state index in [1.54, 1.807) is 28.1 Å². The van der Waals surface area contributed by atoms with Crippen molar-refractivity contribution in [1.29, 1.82) is 0 Å². The molecule has 0 spiro atoms. The fraction of sp³-hybridized carbons (Fsp3) is 0.200. The highest BCUT2D eigenvalue weighted by atomic mass is 16.2. The van der Waals surface area contributed by atoms with Gasteiger partial charge in [-0.2, -0.15) is 10.2 Å². The molecule has 0 radical (unpaired) electrons. The predicted octanol–water partition coefficient (Wildman–Crippen LogP) is 1.67. The van der Waals surface area contributed by atoms with Gasteiger partial charge in [-0.05, 0) is 19.1 Å². The van der Waals surface area contributed by atoms with Crippen LogP contribution >= 0.6 is 0 Å². The molecule has 0 aliphatic heterocycles. The summed E-state index contributed by atoms with van der Waals surface area (Å²) in [6.07, 6.45) is 6.44. The molecule has 2 amide bonds. The molecule has 8 heteroatoms. The fourth-order valence-corrected chi connectivity index (χ4v) is 2.15. The van der Waals surface area contributed by atoms with E-state index in [-0.39, 0.29) is 12.1 Å². The quantitative estimate of drug-likeness (QED) is 0.750. The van der Waals surface area contributed by atoms with Gasteiger partial charge in [0.25, 0.3) is 0 Å². The summed E-state index contributed by atoms with van der Waals surface area (Å²) in [5.41, 5.74) is 1.56. The number of carbonyl (C=O) groups excluding carboxylic acids is 1. The Bertz CT molecular complexity index is 751. The summed E-state index contributed by atoms with van der Waals surface area (Å²) in [4.78, 5) is 15.9. The zero-order valence-corrected chi connectivity index (χ0v) is 12.6. The number of nitrogens with zero attached hydrogens (tertiary/aromatic N) is 5. The van der Waals surface area contributed by atoms with Crippen LogP contribution < -0.4 is 10.6 Å². The number of rotatable bonds is 5. The van der Waals surface area contributed by atoms with Crippen molar-refractivity contribution < 1.29 is 4.79 Å². The van der Waals surface area contributed by atoms with Gasteiger partial charge in [0, 0.05) is 6.04 Å². The summed E-state index contributed by atoms with van der Waals surface area (Å²) in [7, 11) is 0. The van der Waals surface area contributed by atoms with Crippen LogP contribution in [0.15, 0.2) is 55.4 Å². The molecule has 0 saturated carbocycles. The molecule has 23 heavy (non-hydrogen) atoms. The maximum atomic E-state index is 12.0. The van der Waals surface area contributed by atoms with E-state index in [1.165, 1.54) is 6.33 Å². The van der Waals surface area contributed by atoms with Crippen LogP contribution in [0.4, 0.5) is 10.5 Å². The number of nitrogens with one attached hydrogen (secondary N) is 2. The van der Waals surface area contributed by atoms with Gasteiger partial charge in [0.15, 0.2) is 0 Å². The normalized spacial score (nSPS) is 11.9. The number of hydrogen-bond donors (Lipinski definition) is 2. The second-order valence-electron chi connectivity index (χ2n) is 5.13. The molecule has 0 aliphatic rings. The van der Waals surface area contributed by atoms with Crippen molar-refractivity contribution >= 4 is 11.7 Å². The van der Waals surface area contributed by atoms with Gasteiger partial charge in [-0.15, -0.1) is 0 Å². The standard InChI is InChI=1S/C15H17N7O/c1-12(8-21-11-16-10-18-21)19-15(23)20-13-7-17-22(9-13)14-5-3-2-4-6-14/h2-7,9-12H,8H2,1H3,(H2,19,20,23). The summed E-state index contributed by atoms with van der Waals surface area (Å²) in [6.45, 7) is 2.45. The SMILES string of the molecule is CC(Cn1cncn1)NC(=O)Nc1cnn(-c2ccccc2)c1. The number of anilines is 1. The first-order chi connectivity index (χ1) is 11.2. The molecular weight excluding hydrogens is 294 g/mol. The van der Waals surface area contributed by atoms with Crippen LogP contribution in [0.3, 0.4) is 0 Å². The Morgan fingerprint density at radius 1 is 1.26 bits per heavy atom. The van der Waals surface area contributed by atoms with Crippen LogP contribution in [-0.2, 0) is 6.54 Å². The van der Waals surface area contributed by atoms with E-state index in [2.05, 4.69) is 25.8 Å². The van der Waals surface area contributed by atoms with Gasteiger partial charge in [0.05, 0.1) is 30.3 Å². The van der Waals surface area contributed by atoms with Gasteiger partial charge < -0.3 is 10.6 Å². The Balaban J connectivity index is 1.55. The summed E-state index contributed by atoms with van der Waals surface area (Å²) in [5, 5.41) is 13.8. The van der Waals surface area contributed by atoms with Crippen molar-refractivity contribution in [2.75, 3.05) is 5.32 Å². The maximum absolute atomic E-state index is 12.0. The first kappa shape index (κ1) is 14.8. The van der Waals surface area contributed by atoms with Crippen LogP contribution in [0.25, 0.3) is 5.69 Å². The summed E-state index contributed by atoms with van der Waals surface area (Å²) in [6, 6.07) is 9.32. The van der Waals surface area contributed by atoms with E-state index in [4.69, 9.17) is 0 Å². The van der Waals surface area contributed by atoms with Crippen molar-refractivity contribution in [2.24, 2.45) is 0 Å². The molecule has 1 atom stereocenters. The van der Waals surface area contributed by atoms with Crippen LogP contribution in [0.5, 0.6) is 0 Å². The molecule has 1 aromatic carbocycles. The van der Waals surface area contributed by atoms with E-state index in [1.807, 2.05) is 37.3 Å². The molecule has 2 N–H and O–H groups in total. The lowest BCUT2D eigenvalue weighted by molar-refractivity contribution is 0.247. The van der Waals surface area contributed by atoms with Crippen LogP contribution in [0.1, 0.15) is 6.92 Å². The monoisotopic (exact) mass is 311 g/mol. The van der Waals surface area contributed by atoms with Crippen LogP contribution in [-0.4, -0.2) is 36.6 Å². The van der Waals surface area contributed by atoms with Gasteiger partial charge >= 0.3 is 6.03 Å². The molecule has 118 valence electrons. The van der Waals surface area contributed by atoms with Crippen molar-refractivity contribution in [3.05, 3.63) is 55.4 Å². The third kappa shape index (κ3) is 3.94. The first-order valence-corrected chi connectivity index (χ1v) is 7.21. The second-order valence-corrected chi connectivity index (χ2v) is 5.13. The Hall–Kier alpha value is -3.16. The van der Waals surface area contributed by atoms with Gasteiger partial charge in [0.1, 0.15) is 12.7 Å². The zero-order valence-electron chi connectivity index (χ0n) is 12.6. The Labute approximate surface area is 133 Å². The average Bonchev–Trinajstić information content (AvgIpc) is 3.20. The molecule has 2 heterocycles. The van der Waals surface area contributed by atoms with Gasteiger partial charge in [-0.25, -0.2) is 14.5 Å². The van der Waals surface area contributed by atoms with Crippen LogP contribution in [0, 0.1) is 0 Å². The Morgan fingerprint density at radius 2 is 2.09 bits per heavy atom. The molecule has 0 fully saturated rings. The number of benzene rings is 1. The molecule has 2 aromatic heterocycles. The lowest BCUT2D eigenvalue weighted by Crippen LogP contribution is -2.38. The van der Waals surface area contributed by atoms with Crippen molar-refractivity contribution in [3.8, 4) is 5.69 Å². The van der Waals surface area contributed by atoms with Gasteiger partial charge in [-0.3, -0.25) is 4.68 Å². The highest BCUT2D eigenvalue weighted by Gasteiger charge is 2.09. The molecule has 1 unspecified atom stereocenters. The lowest BCUT2D eigenvalue weighted by Gasteiger charge is -2.13. The van der Waals surface area contributed by atoms with Crippen molar-refractivity contribution in [1.82, 2.24) is 29.9 Å². The minimum atomic E-state index is -0.287. The number of para-hydroxylation sites is 1. The smallest absolute Gasteiger partial charge is 0.319 e. The zero-order chi connectivity index (χ0) is 16.1. The highest BCUT2D eigenvalue weighted by Crippen LogP contribution is 2.11. The number of hydrogen-bond acceptors (Lipinski definition) is 4. The Morgan fingerprint density at radius 3 is 2.83 bits per heavy atom. The second kappa shape index (κ2) is 6.73. The lowest BCUT2D eigenvalue weighted by atomic mass is 10.3. The minimum Gasteiger partial charge on any atom is -0.334 e. The molecular formula is C15H17N7O. The Kier molecular flexibility index (Phi) is 4.32. The number of amides is 2. The van der Waals surface area contributed by atoms with E-state index >= 15 is 0 Å². The summed E-state index contributed by atoms with van der Waals surface area (Å²) >= 11 is 0. The van der Waals surface area contributed by atoms with Crippen molar-refractivity contribution in [3.63, 3.8) is 0 Å².